The second-order valence-electron chi connectivity index (χ2n) is 5.78. The fourth-order valence-electron chi connectivity index (χ4n) is 2.51. The quantitative estimate of drug-likeness (QED) is 0.762. The SMILES string of the molecule is CCOC(=O)C(C)(N)CCN1CCCC(C)C1C. The van der Waals surface area contributed by atoms with Gasteiger partial charge < -0.3 is 15.4 Å². The van der Waals surface area contributed by atoms with E-state index in [0.717, 1.165) is 19.0 Å². The van der Waals surface area contributed by atoms with Crippen LogP contribution in [0.25, 0.3) is 0 Å². The summed E-state index contributed by atoms with van der Waals surface area (Å²) in [5.74, 6) is 0.438. The molecule has 0 aromatic heterocycles. The van der Waals surface area contributed by atoms with Gasteiger partial charge >= 0.3 is 5.97 Å². The molecule has 0 aromatic rings. The van der Waals surface area contributed by atoms with Gasteiger partial charge in [0.2, 0.25) is 0 Å². The van der Waals surface area contributed by atoms with Crippen molar-refractivity contribution in [3.05, 3.63) is 0 Å². The molecular formula is C14H28N2O2. The lowest BCUT2D eigenvalue weighted by Gasteiger charge is -2.39. The van der Waals surface area contributed by atoms with Crippen molar-refractivity contribution in [3.63, 3.8) is 0 Å². The molecule has 0 amide bonds. The summed E-state index contributed by atoms with van der Waals surface area (Å²) in [4.78, 5) is 14.2. The summed E-state index contributed by atoms with van der Waals surface area (Å²) in [7, 11) is 0. The minimum atomic E-state index is -0.865. The Kier molecular flexibility index (Phi) is 5.60. The van der Waals surface area contributed by atoms with Crippen molar-refractivity contribution in [2.24, 2.45) is 11.7 Å². The Hall–Kier alpha value is -0.610. The van der Waals surface area contributed by atoms with E-state index in [1.165, 1.54) is 12.8 Å². The Morgan fingerprint density at radius 1 is 1.50 bits per heavy atom. The second-order valence-corrected chi connectivity index (χ2v) is 5.78. The van der Waals surface area contributed by atoms with Gasteiger partial charge in [0.1, 0.15) is 5.54 Å². The third kappa shape index (κ3) is 3.95. The first-order valence-corrected chi connectivity index (χ1v) is 7.08. The smallest absolute Gasteiger partial charge is 0.325 e. The van der Waals surface area contributed by atoms with Crippen molar-refractivity contribution in [2.45, 2.75) is 58.5 Å². The Morgan fingerprint density at radius 3 is 2.78 bits per heavy atom. The number of rotatable bonds is 5. The molecule has 3 unspecified atom stereocenters. The number of hydrogen-bond donors (Lipinski definition) is 1. The van der Waals surface area contributed by atoms with E-state index >= 15 is 0 Å². The van der Waals surface area contributed by atoms with Crippen molar-refractivity contribution >= 4 is 5.97 Å². The van der Waals surface area contributed by atoms with Gasteiger partial charge in [-0.2, -0.15) is 0 Å². The van der Waals surface area contributed by atoms with Gasteiger partial charge in [-0.3, -0.25) is 4.79 Å². The average Bonchev–Trinajstić information content (AvgIpc) is 2.31. The highest BCUT2D eigenvalue weighted by atomic mass is 16.5. The van der Waals surface area contributed by atoms with Crippen molar-refractivity contribution in [1.29, 1.82) is 0 Å². The first-order valence-electron chi connectivity index (χ1n) is 7.08. The molecule has 0 spiro atoms. The van der Waals surface area contributed by atoms with Crippen LogP contribution in [-0.4, -0.2) is 42.1 Å². The molecule has 1 saturated heterocycles. The van der Waals surface area contributed by atoms with Crippen LogP contribution in [0.5, 0.6) is 0 Å². The van der Waals surface area contributed by atoms with Crippen LogP contribution in [-0.2, 0) is 9.53 Å². The fourth-order valence-corrected chi connectivity index (χ4v) is 2.51. The zero-order chi connectivity index (χ0) is 13.8. The number of hydrogen-bond acceptors (Lipinski definition) is 4. The molecule has 0 aliphatic carbocycles. The molecule has 1 aliphatic heterocycles. The first kappa shape index (κ1) is 15.4. The van der Waals surface area contributed by atoms with Gasteiger partial charge in [0.15, 0.2) is 0 Å². The van der Waals surface area contributed by atoms with Crippen LogP contribution >= 0.6 is 0 Å². The van der Waals surface area contributed by atoms with E-state index in [4.69, 9.17) is 10.5 Å². The average molecular weight is 256 g/mol. The predicted molar refractivity (Wildman–Crippen MR) is 73.3 cm³/mol. The number of carbonyl (C=O) groups excluding carboxylic acids is 1. The van der Waals surface area contributed by atoms with Gasteiger partial charge in [0.25, 0.3) is 0 Å². The molecular weight excluding hydrogens is 228 g/mol. The molecule has 0 saturated carbocycles. The standard InChI is InChI=1S/C14H28N2O2/c1-5-18-13(17)14(4,15)8-10-16-9-6-7-11(2)12(16)3/h11-12H,5-10,15H2,1-4H3. The summed E-state index contributed by atoms with van der Waals surface area (Å²) in [5.41, 5.74) is 5.18. The van der Waals surface area contributed by atoms with Gasteiger partial charge in [0, 0.05) is 12.6 Å². The summed E-state index contributed by atoms with van der Waals surface area (Å²) in [6.07, 6.45) is 3.20. The number of esters is 1. The van der Waals surface area contributed by atoms with Crippen LogP contribution in [0.2, 0.25) is 0 Å². The van der Waals surface area contributed by atoms with Gasteiger partial charge in [-0.1, -0.05) is 6.92 Å². The maximum absolute atomic E-state index is 11.7. The van der Waals surface area contributed by atoms with Crippen LogP contribution in [0.15, 0.2) is 0 Å². The molecule has 4 nitrogen and oxygen atoms in total. The van der Waals surface area contributed by atoms with Crippen molar-refractivity contribution < 1.29 is 9.53 Å². The molecule has 0 bridgehead atoms. The minimum absolute atomic E-state index is 0.289. The van der Waals surface area contributed by atoms with E-state index in [9.17, 15) is 4.79 Å². The molecule has 18 heavy (non-hydrogen) atoms. The second kappa shape index (κ2) is 6.53. The van der Waals surface area contributed by atoms with Gasteiger partial charge in [-0.05, 0) is 52.5 Å². The van der Waals surface area contributed by atoms with Crippen LogP contribution in [0.4, 0.5) is 0 Å². The van der Waals surface area contributed by atoms with Crippen LogP contribution in [0, 0.1) is 5.92 Å². The number of ether oxygens (including phenoxy) is 1. The lowest BCUT2D eigenvalue weighted by atomic mass is 9.90. The predicted octanol–water partition coefficient (Wildman–Crippen LogP) is 1.78. The Bertz CT molecular complexity index is 279. The lowest BCUT2D eigenvalue weighted by molar-refractivity contribution is -0.149. The van der Waals surface area contributed by atoms with E-state index in [2.05, 4.69) is 18.7 Å². The zero-order valence-corrected chi connectivity index (χ0v) is 12.2. The number of likely N-dealkylation sites (tertiary alicyclic amines) is 1. The van der Waals surface area contributed by atoms with Gasteiger partial charge in [-0.25, -0.2) is 0 Å². The molecule has 3 atom stereocenters. The van der Waals surface area contributed by atoms with E-state index in [1.807, 2.05) is 6.92 Å². The Balaban J connectivity index is 2.46. The van der Waals surface area contributed by atoms with Crippen molar-refractivity contribution in [1.82, 2.24) is 4.90 Å². The lowest BCUT2D eigenvalue weighted by Crippen LogP contribution is -2.51. The molecule has 0 radical (unpaired) electrons. The van der Waals surface area contributed by atoms with Crippen LogP contribution < -0.4 is 5.73 Å². The van der Waals surface area contributed by atoms with Crippen molar-refractivity contribution in [2.75, 3.05) is 19.7 Å². The molecule has 106 valence electrons. The number of nitrogens with zero attached hydrogens (tertiary/aromatic N) is 1. The van der Waals surface area contributed by atoms with Gasteiger partial charge in [-0.15, -0.1) is 0 Å². The fraction of sp³-hybridized carbons (Fsp3) is 0.929. The third-order valence-corrected chi connectivity index (χ3v) is 4.16. The maximum atomic E-state index is 11.7. The summed E-state index contributed by atoms with van der Waals surface area (Å²) >= 11 is 0. The number of piperidine rings is 1. The molecule has 4 heteroatoms. The van der Waals surface area contributed by atoms with Crippen LogP contribution in [0.1, 0.15) is 47.0 Å². The molecule has 2 N–H and O–H groups in total. The first-order chi connectivity index (χ1) is 8.38. The highest BCUT2D eigenvalue weighted by Gasteiger charge is 2.32. The largest absolute Gasteiger partial charge is 0.465 e. The number of nitrogens with two attached hydrogens (primary N) is 1. The molecule has 1 fully saturated rings. The molecule has 0 aromatic carbocycles. The van der Waals surface area contributed by atoms with Gasteiger partial charge in [0.05, 0.1) is 6.61 Å². The monoisotopic (exact) mass is 256 g/mol. The van der Waals surface area contributed by atoms with E-state index in [-0.39, 0.29) is 5.97 Å². The zero-order valence-electron chi connectivity index (χ0n) is 12.2. The highest BCUT2D eigenvalue weighted by molar-refractivity contribution is 5.79. The van der Waals surface area contributed by atoms with Crippen LogP contribution in [0.3, 0.4) is 0 Å². The normalized spacial score (nSPS) is 28.7. The molecule has 1 heterocycles. The topological polar surface area (TPSA) is 55.6 Å². The molecule has 1 rings (SSSR count). The maximum Gasteiger partial charge on any atom is 0.325 e. The Morgan fingerprint density at radius 2 is 2.17 bits per heavy atom. The van der Waals surface area contributed by atoms with E-state index in [1.54, 1.807) is 6.92 Å². The van der Waals surface area contributed by atoms with Crippen molar-refractivity contribution in [3.8, 4) is 0 Å². The van der Waals surface area contributed by atoms with E-state index < -0.39 is 5.54 Å². The highest BCUT2D eigenvalue weighted by Crippen LogP contribution is 2.23. The Labute approximate surface area is 111 Å². The summed E-state index contributed by atoms with van der Waals surface area (Å²) < 4.78 is 5.01. The minimum Gasteiger partial charge on any atom is -0.465 e. The summed E-state index contributed by atoms with van der Waals surface area (Å²) in [6, 6.07) is 0.580. The number of carbonyl (C=O) groups is 1. The molecule has 1 aliphatic rings. The van der Waals surface area contributed by atoms with E-state index in [0.29, 0.717) is 19.1 Å². The summed E-state index contributed by atoms with van der Waals surface area (Å²) in [6.45, 7) is 10.5. The third-order valence-electron chi connectivity index (χ3n) is 4.16. The summed E-state index contributed by atoms with van der Waals surface area (Å²) in [5, 5.41) is 0.